The highest BCUT2D eigenvalue weighted by Gasteiger charge is 2.27. The molecule has 122 valence electrons. The molecule has 1 amide bonds. The van der Waals surface area contributed by atoms with Gasteiger partial charge in [-0.2, -0.15) is 0 Å². The van der Waals surface area contributed by atoms with Crippen LogP contribution in [0.15, 0.2) is 12.1 Å². The fourth-order valence-corrected chi connectivity index (χ4v) is 2.87. The lowest BCUT2D eigenvalue weighted by Gasteiger charge is -2.30. The molecule has 2 rings (SSSR count). The minimum absolute atomic E-state index is 0.0166. The molecule has 22 heavy (non-hydrogen) atoms. The Morgan fingerprint density at radius 3 is 2.86 bits per heavy atom. The van der Waals surface area contributed by atoms with Gasteiger partial charge in [-0.3, -0.25) is 4.79 Å². The van der Waals surface area contributed by atoms with E-state index in [1.54, 1.807) is 6.92 Å². The van der Waals surface area contributed by atoms with Gasteiger partial charge in [-0.1, -0.05) is 26.3 Å². The number of amides is 1. The lowest BCUT2D eigenvalue weighted by Crippen LogP contribution is -2.32. The number of carbonyl (C=O) groups excluding carboxylic acids is 1. The van der Waals surface area contributed by atoms with Crippen LogP contribution in [-0.4, -0.2) is 17.6 Å². The summed E-state index contributed by atoms with van der Waals surface area (Å²) in [6.45, 7) is 6.49. The van der Waals surface area contributed by atoms with Crippen molar-refractivity contribution in [2.75, 3.05) is 6.61 Å². The van der Waals surface area contributed by atoms with Crippen molar-refractivity contribution in [2.24, 2.45) is 0 Å². The summed E-state index contributed by atoms with van der Waals surface area (Å²) in [5.74, 6) is 0.847. The Kier molecular flexibility index (Phi) is 5.83. The predicted octanol–water partition coefficient (Wildman–Crippen LogP) is 3.43. The van der Waals surface area contributed by atoms with Crippen LogP contribution in [0.3, 0.4) is 0 Å². The highest BCUT2D eigenvalue weighted by Crippen LogP contribution is 2.39. The van der Waals surface area contributed by atoms with Crippen LogP contribution in [-0.2, 0) is 11.2 Å². The van der Waals surface area contributed by atoms with E-state index in [2.05, 4.69) is 25.2 Å². The molecule has 0 bridgehead atoms. The second-order valence-electron chi connectivity index (χ2n) is 5.99. The number of hydrogen-bond donors (Lipinski definition) is 2. The van der Waals surface area contributed by atoms with E-state index in [1.165, 1.54) is 0 Å². The molecule has 2 N–H and O–H groups in total. The van der Waals surface area contributed by atoms with Gasteiger partial charge in [0, 0.05) is 24.0 Å². The molecule has 0 fully saturated rings. The number of rotatable bonds is 6. The molecule has 0 saturated heterocycles. The Balaban J connectivity index is 2.28. The first kappa shape index (κ1) is 16.8. The average molecular weight is 305 g/mol. The molecular weight excluding hydrogens is 278 g/mol. The summed E-state index contributed by atoms with van der Waals surface area (Å²) in [6, 6.07) is 4.09. The zero-order valence-electron chi connectivity index (χ0n) is 13.8. The monoisotopic (exact) mass is 305 g/mol. The van der Waals surface area contributed by atoms with Crippen molar-refractivity contribution in [3.05, 3.63) is 28.8 Å². The summed E-state index contributed by atoms with van der Waals surface area (Å²) in [5.41, 5.74) is 2.99. The first-order valence-corrected chi connectivity index (χ1v) is 8.33. The molecule has 0 aromatic heterocycles. The molecule has 4 heteroatoms. The first-order chi connectivity index (χ1) is 10.6. The Morgan fingerprint density at radius 2 is 2.23 bits per heavy atom. The summed E-state index contributed by atoms with van der Waals surface area (Å²) < 4.78 is 5.80. The number of unbranched alkanes of at least 4 members (excludes halogenated alkanes) is 1. The van der Waals surface area contributed by atoms with Gasteiger partial charge in [0.25, 0.3) is 0 Å². The van der Waals surface area contributed by atoms with Gasteiger partial charge < -0.3 is 15.2 Å². The maximum absolute atomic E-state index is 12.1. The summed E-state index contributed by atoms with van der Waals surface area (Å²) in [7, 11) is 0. The first-order valence-electron chi connectivity index (χ1n) is 8.33. The summed E-state index contributed by atoms with van der Waals surface area (Å²) in [4.78, 5) is 12.1. The highest BCUT2D eigenvalue weighted by molar-refractivity contribution is 5.76. The Bertz CT molecular complexity index is 525. The third-order valence-electron chi connectivity index (χ3n) is 4.19. The normalized spacial score (nSPS) is 18.3. The van der Waals surface area contributed by atoms with Crippen molar-refractivity contribution in [2.45, 2.75) is 65.0 Å². The van der Waals surface area contributed by atoms with Crippen LogP contribution < -0.4 is 10.1 Å². The van der Waals surface area contributed by atoms with Gasteiger partial charge in [-0.05, 0) is 31.4 Å². The molecule has 1 aromatic rings. The van der Waals surface area contributed by atoms with E-state index in [0.29, 0.717) is 13.0 Å². The number of hydrogen-bond acceptors (Lipinski definition) is 3. The zero-order chi connectivity index (χ0) is 16.1. The van der Waals surface area contributed by atoms with Crippen molar-refractivity contribution in [1.29, 1.82) is 0 Å². The Labute approximate surface area is 132 Å². The Morgan fingerprint density at radius 1 is 1.45 bits per heavy atom. The van der Waals surface area contributed by atoms with Gasteiger partial charge in [0.05, 0.1) is 18.8 Å². The standard InChI is InChI=1S/C18H27NO3/c1-4-6-7-17(21)19-16-8-9-22-18-14(12(3)20)10-13(5-2)11-15(16)18/h10-12,16,20H,4-9H2,1-3H3,(H,19,21). The van der Waals surface area contributed by atoms with E-state index >= 15 is 0 Å². The number of aryl methyl sites for hydroxylation is 1. The molecule has 1 heterocycles. The number of fused-ring (bicyclic) bond motifs is 1. The van der Waals surface area contributed by atoms with E-state index in [0.717, 1.165) is 48.1 Å². The fourth-order valence-electron chi connectivity index (χ4n) is 2.87. The predicted molar refractivity (Wildman–Crippen MR) is 87.0 cm³/mol. The smallest absolute Gasteiger partial charge is 0.220 e. The number of benzene rings is 1. The van der Waals surface area contributed by atoms with E-state index in [9.17, 15) is 9.90 Å². The molecule has 0 saturated carbocycles. The van der Waals surface area contributed by atoms with Crippen LogP contribution in [0.25, 0.3) is 0 Å². The Hall–Kier alpha value is -1.55. The molecule has 1 aromatic carbocycles. The van der Waals surface area contributed by atoms with Gasteiger partial charge in [0.1, 0.15) is 5.75 Å². The fraction of sp³-hybridized carbons (Fsp3) is 0.611. The molecule has 4 nitrogen and oxygen atoms in total. The third kappa shape index (κ3) is 3.80. The van der Waals surface area contributed by atoms with Crippen molar-refractivity contribution in [3.8, 4) is 5.75 Å². The number of aliphatic hydroxyl groups is 1. The van der Waals surface area contributed by atoms with Gasteiger partial charge in [0.15, 0.2) is 0 Å². The summed E-state index contributed by atoms with van der Waals surface area (Å²) >= 11 is 0. The topological polar surface area (TPSA) is 58.6 Å². The van der Waals surface area contributed by atoms with Gasteiger partial charge in [-0.25, -0.2) is 0 Å². The van der Waals surface area contributed by atoms with Gasteiger partial charge in [-0.15, -0.1) is 0 Å². The summed E-state index contributed by atoms with van der Waals surface area (Å²) in [5, 5.41) is 13.1. The van der Waals surface area contributed by atoms with Crippen LogP contribution in [0, 0.1) is 0 Å². The minimum Gasteiger partial charge on any atom is -0.493 e. The van der Waals surface area contributed by atoms with Crippen LogP contribution in [0.2, 0.25) is 0 Å². The third-order valence-corrected chi connectivity index (χ3v) is 4.19. The second-order valence-corrected chi connectivity index (χ2v) is 5.99. The summed E-state index contributed by atoms with van der Waals surface area (Å²) in [6.07, 6.45) is 3.59. The molecule has 1 aliphatic heterocycles. The van der Waals surface area contributed by atoms with Crippen LogP contribution in [0.1, 0.15) is 75.3 Å². The molecule has 0 spiro atoms. The van der Waals surface area contributed by atoms with Crippen molar-refractivity contribution < 1.29 is 14.6 Å². The molecule has 2 unspecified atom stereocenters. The van der Waals surface area contributed by atoms with Crippen molar-refractivity contribution in [1.82, 2.24) is 5.32 Å². The average Bonchev–Trinajstić information content (AvgIpc) is 2.52. The van der Waals surface area contributed by atoms with E-state index < -0.39 is 6.10 Å². The van der Waals surface area contributed by atoms with E-state index in [-0.39, 0.29) is 11.9 Å². The lowest BCUT2D eigenvalue weighted by atomic mass is 9.92. The largest absolute Gasteiger partial charge is 0.493 e. The quantitative estimate of drug-likeness (QED) is 0.846. The van der Waals surface area contributed by atoms with Crippen LogP contribution in [0.4, 0.5) is 0 Å². The van der Waals surface area contributed by atoms with E-state index in [4.69, 9.17) is 4.74 Å². The number of nitrogens with one attached hydrogen (secondary N) is 1. The zero-order valence-corrected chi connectivity index (χ0v) is 13.8. The lowest BCUT2D eigenvalue weighted by molar-refractivity contribution is -0.122. The van der Waals surface area contributed by atoms with Crippen LogP contribution in [0.5, 0.6) is 5.75 Å². The molecule has 2 atom stereocenters. The van der Waals surface area contributed by atoms with Crippen LogP contribution >= 0.6 is 0 Å². The molecular formula is C18H27NO3. The second kappa shape index (κ2) is 7.63. The van der Waals surface area contributed by atoms with E-state index in [1.807, 2.05) is 6.07 Å². The van der Waals surface area contributed by atoms with Crippen molar-refractivity contribution in [3.63, 3.8) is 0 Å². The molecule has 0 radical (unpaired) electrons. The molecule has 0 aliphatic carbocycles. The number of carbonyl (C=O) groups is 1. The maximum atomic E-state index is 12.1. The molecule has 1 aliphatic rings. The van der Waals surface area contributed by atoms with Gasteiger partial charge in [0.2, 0.25) is 5.91 Å². The number of aliphatic hydroxyl groups excluding tert-OH is 1. The SMILES string of the molecule is CCCCC(=O)NC1CCOc2c(C(C)O)cc(CC)cc21. The van der Waals surface area contributed by atoms with Crippen molar-refractivity contribution >= 4 is 5.91 Å². The minimum atomic E-state index is -0.574. The van der Waals surface area contributed by atoms with Gasteiger partial charge >= 0.3 is 0 Å². The highest BCUT2D eigenvalue weighted by atomic mass is 16.5. The maximum Gasteiger partial charge on any atom is 0.220 e. The number of ether oxygens (including phenoxy) is 1.